The molecular formula is C24H40OS. The van der Waals surface area contributed by atoms with Crippen molar-refractivity contribution in [1.82, 2.24) is 0 Å². The zero-order chi connectivity index (χ0) is 20.6. The molecule has 2 heteroatoms. The molecule has 0 bridgehead atoms. The molecule has 2 aromatic rings. The lowest BCUT2D eigenvalue weighted by Crippen LogP contribution is -2.22. The highest BCUT2D eigenvalue weighted by Gasteiger charge is 2.11. The van der Waals surface area contributed by atoms with Gasteiger partial charge in [-0.15, -0.1) is 11.8 Å². The fraction of sp³-hybridized carbons (Fsp3) is 0.500. The molecule has 0 fully saturated rings. The van der Waals surface area contributed by atoms with Gasteiger partial charge in [-0.05, 0) is 45.0 Å². The van der Waals surface area contributed by atoms with Gasteiger partial charge < -0.3 is 4.74 Å². The number of ether oxygens (including phenoxy) is 1. The lowest BCUT2D eigenvalue weighted by Gasteiger charge is -2.20. The first kappa shape index (κ1) is 26.8. The third-order valence-electron chi connectivity index (χ3n) is 2.33. The Kier molecular flexibility index (Phi) is 15.2. The standard InChI is InChI=1S/C10H14O.C10H14S.2C2H6/c2*1-10(2,3)11-9-7-5-4-6-8-9;2*1-2/h2*4-8H,1-3H3;2*1-2H3. The van der Waals surface area contributed by atoms with Crippen molar-refractivity contribution in [3.05, 3.63) is 60.7 Å². The van der Waals surface area contributed by atoms with Crippen molar-refractivity contribution in [2.75, 3.05) is 0 Å². The molecule has 26 heavy (non-hydrogen) atoms. The molecule has 0 radical (unpaired) electrons. The maximum absolute atomic E-state index is 5.60. The zero-order valence-electron chi connectivity index (χ0n) is 18.6. The molecule has 0 aromatic heterocycles. The first-order valence-corrected chi connectivity index (χ1v) is 10.5. The Bertz CT molecular complexity index is 470. The van der Waals surface area contributed by atoms with E-state index in [-0.39, 0.29) is 5.60 Å². The van der Waals surface area contributed by atoms with Crippen LogP contribution in [0.3, 0.4) is 0 Å². The topological polar surface area (TPSA) is 9.23 Å². The number of hydrogen-bond acceptors (Lipinski definition) is 2. The Morgan fingerprint density at radius 3 is 1.35 bits per heavy atom. The maximum Gasteiger partial charge on any atom is 0.120 e. The highest BCUT2D eigenvalue weighted by Crippen LogP contribution is 2.31. The van der Waals surface area contributed by atoms with Gasteiger partial charge in [-0.1, -0.05) is 84.9 Å². The molecule has 0 aliphatic heterocycles. The van der Waals surface area contributed by atoms with Gasteiger partial charge in [0.05, 0.1) is 0 Å². The summed E-state index contributed by atoms with van der Waals surface area (Å²) in [6.45, 7) is 20.8. The van der Waals surface area contributed by atoms with E-state index in [1.54, 1.807) is 0 Å². The minimum atomic E-state index is -0.0959. The number of benzene rings is 2. The monoisotopic (exact) mass is 376 g/mol. The van der Waals surface area contributed by atoms with Crippen LogP contribution in [0, 0.1) is 0 Å². The van der Waals surface area contributed by atoms with Gasteiger partial charge in [0, 0.05) is 9.64 Å². The molecule has 0 atom stereocenters. The van der Waals surface area contributed by atoms with E-state index in [1.165, 1.54) is 4.90 Å². The van der Waals surface area contributed by atoms with E-state index in [1.807, 2.05) is 96.6 Å². The molecule has 148 valence electrons. The summed E-state index contributed by atoms with van der Waals surface area (Å²) in [6.07, 6.45) is 0. The predicted octanol–water partition coefficient (Wildman–Crippen LogP) is 8.49. The van der Waals surface area contributed by atoms with Gasteiger partial charge in [0.2, 0.25) is 0 Å². The van der Waals surface area contributed by atoms with Crippen LogP contribution in [0.4, 0.5) is 0 Å². The van der Waals surface area contributed by atoms with E-state index < -0.39 is 0 Å². The molecule has 0 spiro atoms. The summed E-state index contributed by atoms with van der Waals surface area (Å²) in [5, 5.41) is 0. The molecule has 0 aliphatic carbocycles. The van der Waals surface area contributed by atoms with Gasteiger partial charge in [-0.25, -0.2) is 0 Å². The smallest absolute Gasteiger partial charge is 0.120 e. The van der Waals surface area contributed by atoms with Crippen molar-refractivity contribution < 1.29 is 4.74 Å². The van der Waals surface area contributed by atoms with Crippen LogP contribution >= 0.6 is 11.8 Å². The number of thioether (sulfide) groups is 1. The second kappa shape index (κ2) is 14.7. The first-order chi connectivity index (χ1) is 12.2. The van der Waals surface area contributed by atoms with E-state index in [0.29, 0.717) is 4.75 Å². The van der Waals surface area contributed by atoms with E-state index in [9.17, 15) is 0 Å². The van der Waals surface area contributed by atoms with Gasteiger partial charge in [-0.3, -0.25) is 0 Å². The molecular weight excluding hydrogens is 336 g/mol. The second-order valence-electron chi connectivity index (χ2n) is 7.05. The van der Waals surface area contributed by atoms with Crippen LogP contribution in [0.5, 0.6) is 5.75 Å². The van der Waals surface area contributed by atoms with Crippen LogP contribution in [-0.4, -0.2) is 10.3 Å². The lowest BCUT2D eigenvalue weighted by atomic mass is 10.2. The average molecular weight is 377 g/mol. The molecule has 0 amide bonds. The molecule has 0 heterocycles. The van der Waals surface area contributed by atoms with Crippen LogP contribution in [0.15, 0.2) is 65.6 Å². The molecule has 0 unspecified atom stereocenters. The van der Waals surface area contributed by atoms with E-state index in [4.69, 9.17) is 4.74 Å². The normalized spacial score (nSPS) is 10.1. The van der Waals surface area contributed by atoms with Crippen LogP contribution in [0.1, 0.15) is 69.2 Å². The van der Waals surface area contributed by atoms with Gasteiger partial charge in [0.25, 0.3) is 0 Å². The second-order valence-corrected chi connectivity index (χ2v) is 8.96. The van der Waals surface area contributed by atoms with Crippen molar-refractivity contribution in [2.24, 2.45) is 0 Å². The van der Waals surface area contributed by atoms with Crippen molar-refractivity contribution >= 4 is 11.8 Å². The number of hydrogen-bond donors (Lipinski definition) is 0. The number of rotatable bonds is 2. The van der Waals surface area contributed by atoms with Gasteiger partial charge >= 0.3 is 0 Å². The Hall–Kier alpha value is -1.41. The summed E-state index contributed by atoms with van der Waals surface area (Å²) in [7, 11) is 0. The quantitative estimate of drug-likeness (QED) is 0.486. The summed E-state index contributed by atoms with van der Waals surface area (Å²) < 4.78 is 5.92. The van der Waals surface area contributed by atoms with Crippen molar-refractivity contribution in [1.29, 1.82) is 0 Å². The third kappa shape index (κ3) is 17.4. The van der Waals surface area contributed by atoms with E-state index >= 15 is 0 Å². The fourth-order valence-electron chi connectivity index (χ4n) is 1.68. The highest BCUT2D eigenvalue weighted by molar-refractivity contribution is 8.00. The highest BCUT2D eigenvalue weighted by atomic mass is 32.2. The fourth-order valence-corrected chi connectivity index (χ4v) is 2.68. The third-order valence-corrected chi connectivity index (χ3v) is 3.45. The molecule has 0 aliphatic rings. The molecule has 0 N–H and O–H groups in total. The van der Waals surface area contributed by atoms with Crippen molar-refractivity contribution in [2.45, 2.75) is 84.5 Å². The maximum atomic E-state index is 5.60. The van der Waals surface area contributed by atoms with E-state index in [2.05, 4.69) is 45.0 Å². The average Bonchev–Trinajstić information content (AvgIpc) is 2.58. The van der Waals surface area contributed by atoms with Crippen LogP contribution in [-0.2, 0) is 0 Å². The Morgan fingerprint density at radius 1 is 0.615 bits per heavy atom. The molecule has 0 saturated carbocycles. The van der Waals surface area contributed by atoms with Gasteiger partial charge in [0.1, 0.15) is 11.4 Å². The molecule has 0 saturated heterocycles. The van der Waals surface area contributed by atoms with Crippen LogP contribution in [0.25, 0.3) is 0 Å². The van der Waals surface area contributed by atoms with Crippen molar-refractivity contribution in [3.63, 3.8) is 0 Å². The molecule has 2 aromatic carbocycles. The van der Waals surface area contributed by atoms with Crippen molar-refractivity contribution in [3.8, 4) is 5.75 Å². The zero-order valence-corrected chi connectivity index (χ0v) is 19.4. The largest absolute Gasteiger partial charge is 0.488 e. The van der Waals surface area contributed by atoms with Crippen LogP contribution < -0.4 is 4.74 Å². The summed E-state index contributed by atoms with van der Waals surface area (Å²) in [6, 6.07) is 20.4. The molecule has 2 rings (SSSR count). The number of para-hydroxylation sites is 1. The lowest BCUT2D eigenvalue weighted by molar-refractivity contribution is 0.131. The van der Waals surface area contributed by atoms with Gasteiger partial charge in [0.15, 0.2) is 0 Å². The van der Waals surface area contributed by atoms with Crippen LogP contribution in [0.2, 0.25) is 0 Å². The Morgan fingerprint density at radius 2 is 1.00 bits per heavy atom. The summed E-state index contributed by atoms with van der Waals surface area (Å²) in [4.78, 5) is 1.35. The summed E-state index contributed by atoms with van der Waals surface area (Å²) in [5.41, 5.74) is -0.0959. The summed E-state index contributed by atoms with van der Waals surface area (Å²) in [5.74, 6) is 0.931. The SMILES string of the molecule is CC.CC.CC(C)(C)Oc1ccccc1.CC(C)(C)Sc1ccccc1. The summed E-state index contributed by atoms with van der Waals surface area (Å²) >= 11 is 1.90. The Balaban J connectivity index is 0. The Labute approximate surface area is 167 Å². The van der Waals surface area contributed by atoms with Gasteiger partial charge in [-0.2, -0.15) is 0 Å². The van der Waals surface area contributed by atoms with E-state index in [0.717, 1.165) is 5.75 Å². The first-order valence-electron chi connectivity index (χ1n) is 9.64. The minimum absolute atomic E-state index is 0.0959. The molecule has 1 nitrogen and oxygen atoms in total. The minimum Gasteiger partial charge on any atom is -0.488 e. The predicted molar refractivity (Wildman–Crippen MR) is 122 cm³/mol.